The van der Waals surface area contributed by atoms with Crippen LogP contribution in [-0.2, 0) is 23.7 Å². The molecule has 0 saturated carbocycles. The lowest BCUT2D eigenvalue weighted by molar-refractivity contribution is -0.292. The SMILES string of the molecule is COC(=O)C1OC(OC)C(OC)C(O)C1O. The van der Waals surface area contributed by atoms with Crippen molar-refractivity contribution in [2.45, 2.75) is 30.7 Å². The van der Waals surface area contributed by atoms with Crippen molar-refractivity contribution >= 4 is 5.97 Å². The first-order chi connectivity index (χ1) is 7.56. The number of esters is 1. The normalized spacial score (nSPS) is 39.4. The second kappa shape index (κ2) is 5.55. The highest BCUT2D eigenvalue weighted by Gasteiger charge is 2.48. The molecule has 1 aliphatic heterocycles. The molecule has 2 N–H and O–H groups in total. The van der Waals surface area contributed by atoms with E-state index in [4.69, 9.17) is 14.2 Å². The fraction of sp³-hybridized carbons (Fsp3) is 0.889. The Morgan fingerprint density at radius 3 is 2.19 bits per heavy atom. The Hall–Kier alpha value is -0.730. The number of hydrogen-bond acceptors (Lipinski definition) is 7. The number of carbonyl (C=O) groups excluding carboxylic acids is 1. The lowest BCUT2D eigenvalue weighted by Crippen LogP contribution is -2.60. The zero-order chi connectivity index (χ0) is 12.3. The molecule has 0 amide bonds. The lowest BCUT2D eigenvalue weighted by atomic mass is 9.99. The number of hydrogen-bond donors (Lipinski definition) is 2. The summed E-state index contributed by atoms with van der Waals surface area (Å²) in [6, 6.07) is 0. The van der Waals surface area contributed by atoms with Crippen LogP contribution in [0.4, 0.5) is 0 Å². The van der Waals surface area contributed by atoms with E-state index in [0.29, 0.717) is 0 Å². The predicted molar refractivity (Wildman–Crippen MR) is 50.5 cm³/mol. The van der Waals surface area contributed by atoms with E-state index in [1.807, 2.05) is 0 Å². The topological polar surface area (TPSA) is 94.5 Å². The largest absolute Gasteiger partial charge is 0.467 e. The van der Waals surface area contributed by atoms with Crippen molar-refractivity contribution in [2.75, 3.05) is 21.3 Å². The predicted octanol–water partition coefficient (Wildman–Crippen LogP) is -1.73. The fourth-order valence-electron chi connectivity index (χ4n) is 1.59. The molecule has 0 spiro atoms. The van der Waals surface area contributed by atoms with Gasteiger partial charge in [0.15, 0.2) is 12.4 Å². The Labute approximate surface area is 92.9 Å². The third-order valence-corrected chi connectivity index (χ3v) is 2.48. The summed E-state index contributed by atoms with van der Waals surface area (Å²) in [5.41, 5.74) is 0. The van der Waals surface area contributed by atoms with E-state index in [-0.39, 0.29) is 0 Å². The van der Waals surface area contributed by atoms with Gasteiger partial charge < -0.3 is 29.2 Å². The van der Waals surface area contributed by atoms with E-state index < -0.39 is 36.7 Å². The molecule has 1 saturated heterocycles. The lowest BCUT2D eigenvalue weighted by Gasteiger charge is -2.39. The Morgan fingerprint density at radius 2 is 1.75 bits per heavy atom. The molecule has 0 aromatic carbocycles. The van der Waals surface area contributed by atoms with Gasteiger partial charge in [0.25, 0.3) is 0 Å². The summed E-state index contributed by atoms with van der Waals surface area (Å²) in [6.45, 7) is 0. The summed E-state index contributed by atoms with van der Waals surface area (Å²) in [7, 11) is 3.85. The van der Waals surface area contributed by atoms with Gasteiger partial charge in [0.05, 0.1) is 7.11 Å². The average molecular weight is 236 g/mol. The molecule has 0 radical (unpaired) electrons. The number of ether oxygens (including phenoxy) is 4. The molecular weight excluding hydrogens is 220 g/mol. The summed E-state index contributed by atoms with van der Waals surface area (Å²) >= 11 is 0. The molecule has 94 valence electrons. The van der Waals surface area contributed by atoms with Gasteiger partial charge in [0, 0.05) is 14.2 Å². The highest BCUT2D eigenvalue weighted by Crippen LogP contribution is 2.24. The first kappa shape index (κ1) is 13.3. The van der Waals surface area contributed by atoms with Gasteiger partial charge in [-0.3, -0.25) is 0 Å². The second-order valence-electron chi connectivity index (χ2n) is 3.37. The van der Waals surface area contributed by atoms with Crippen LogP contribution in [-0.4, -0.2) is 68.2 Å². The maximum atomic E-state index is 11.3. The molecule has 1 aliphatic rings. The van der Waals surface area contributed by atoms with Crippen LogP contribution in [0.5, 0.6) is 0 Å². The molecule has 0 aromatic heterocycles. The van der Waals surface area contributed by atoms with Crippen LogP contribution in [0.15, 0.2) is 0 Å². The van der Waals surface area contributed by atoms with Gasteiger partial charge in [-0.25, -0.2) is 4.79 Å². The van der Waals surface area contributed by atoms with Gasteiger partial charge in [-0.05, 0) is 0 Å². The van der Waals surface area contributed by atoms with Crippen LogP contribution in [0.3, 0.4) is 0 Å². The summed E-state index contributed by atoms with van der Waals surface area (Å²) in [5.74, 6) is -0.775. The molecule has 7 nitrogen and oxygen atoms in total. The van der Waals surface area contributed by atoms with Crippen molar-refractivity contribution in [1.29, 1.82) is 0 Å². The molecule has 1 fully saturated rings. The number of methoxy groups -OCH3 is 3. The third-order valence-electron chi connectivity index (χ3n) is 2.48. The molecule has 5 unspecified atom stereocenters. The minimum atomic E-state index is -1.41. The van der Waals surface area contributed by atoms with E-state index in [1.165, 1.54) is 14.2 Å². The summed E-state index contributed by atoms with van der Waals surface area (Å²) in [6.07, 6.45) is -5.78. The Kier molecular flexibility index (Phi) is 4.63. The summed E-state index contributed by atoms with van der Waals surface area (Å²) in [5, 5.41) is 19.4. The van der Waals surface area contributed by atoms with Crippen molar-refractivity contribution in [3.05, 3.63) is 0 Å². The van der Waals surface area contributed by atoms with Crippen molar-refractivity contribution in [2.24, 2.45) is 0 Å². The maximum absolute atomic E-state index is 11.3. The Balaban J connectivity index is 2.82. The first-order valence-electron chi connectivity index (χ1n) is 4.71. The van der Waals surface area contributed by atoms with E-state index in [0.717, 1.165) is 7.11 Å². The van der Waals surface area contributed by atoms with Gasteiger partial charge in [-0.15, -0.1) is 0 Å². The van der Waals surface area contributed by atoms with Gasteiger partial charge in [-0.2, -0.15) is 0 Å². The van der Waals surface area contributed by atoms with Gasteiger partial charge in [-0.1, -0.05) is 0 Å². The molecule has 1 heterocycles. The van der Waals surface area contributed by atoms with Crippen molar-refractivity contribution in [1.82, 2.24) is 0 Å². The van der Waals surface area contributed by atoms with E-state index in [9.17, 15) is 15.0 Å². The molecule has 7 heteroatoms. The molecule has 1 rings (SSSR count). The van der Waals surface area contributed by atoms with Crippen LogP contribution in [0.2, 0.25) is 0 Å². The first-order valence-corrected chi connectivity index (χ1v) is 4.71. The monoisotopic (exact) mass is 236 g/mol. The number of rotatable bonds is 3. The molecule has 0 aliphatic carbocycles. The fourth-order valence-corrected chi connectivity index (χ4v) is 1.59. The van der Waals surface area contributed by atoms with Gasteiger partial charge >= 0.3 is 5.97 Å². The van der Waals surface area contributed by atoms with Crippen LogP contribution in [0, 0.1) is 0 Å². The highest BCUT2D eigenvalue weighted by atomic mass is 16.7. The van der Waals surface area contributed by atoms with Crippen molar-refractivity contribution in [3.63, 3.8) is 0 Å². The highest BCUT2D eigenvalue weighted by molar-refractivity contribution is 5.75. The smallest absolute Gasteiger partial charge is 0.337 e. The van der Waals surface area contributed by atoms with Crippen LogP contribution in [0.1, 0.15) is 0 Å². The molecule has 0 aromatic rings. The van der Waals surface area contributed by atoms with Gasteiger partial charge in [0.2, 0.25) is 0 Å². The zero-order valence-electron chi connectivity index (χ0n) is 9.32. The quantitative estimate of drug-likeness (QED) is 0.562. The minimum absolute atomic E-state index is 0.775. The van der Waals surface area contributed by atoms with E-state index in [2.05, 4.69) is 4.74 Å². The Bertz CT molecular complexity index is 242. The molecule has 0 bridgehead atoms. The number of aliphatic hydroxyl groups is 2. The molecule has 16 heavy (non-hydrogen) atoms. The standard InChI is InChI=1S/C9H16O7/c1-13-7-5(11)4(10)6(8(12)14-2)16-9(7)15-3/h4-7,9-11H,1-3H3. The number of aliphatic hydroxyl groups excluding tert-OH is 2. The van der Waals surface area contributed by atoms with Crippen molar-refractivity contribution < 1.29 is 34.0 Å². The van der Waals surface area contributed by atoms with Gasteiger partial charge in [0.1, 0.15) is 18.3 Å². The summed E-state index contributed by atoms with van der Waals surface area (Å²) in [4.78, 5) is 11.3. The second-order valence-corrected chi connectivity index (χ2v) is 3.37. The minimum Gasteiger partial charge on any atom is -0.467 e. The van der Waals surface area contributed by atoms with Crippen LogP contribution >= 0.6 is 0 Å². The van der Waals surface area contributed by atoms with Crippen LogP contribution in [0.25, 0.3) is 0 Å². The van der Waals surface area contributed by atoms with E-state index >= 15 is 0 Å². The van der Waals surface area contributed by atoms with Crippen LogP contribution < -0.4 is 0 Å². The third kappa shape index (κ3) is 2.33. The van der Waals surface area contributed by atoms with E-state index in [1.54, 1.807) is 0 Å². The summed E-state index contributed by atoms with van der Waals surface area (Å²) < 4.78 is 19.4. The molecule has 5 atom stereocenters. The Morgan fingerprint density at radius 1 is 1.12 bits per heavy atom. The maximum Gasteiger partial charge on any atom is 0.337 e. The zero-order valence-corrected chi connectivity index (χ0v) is 9.32. The number of carbonyl (C=O) groups is 1. The average Bonchev–Trinajstić information content (AvgIpc) is 2.31. The molecular formula is C9H16O7. The van der Waals surface area contributed by atoms with Crippen molar-refractivity contribution in [3.8, 4) is 0 Å².